The molecule has 4 heterocycles. The van der Waals surface area contributed by atoms with Gasteiger partial charge in [0.05, 0.1) is 38.1 Å². The minimum atomic E-state index is -1.89. The van der Waals surface area contributed by atoms with E-state index in [2.05, 4.69) is 4.74 Å². The van der Waals surface area contributed by atoms with Crippen molar-refractivity contribution in [2.75, 3.05) is 20.3 Å². The van der Waals surface area contributed by atoms with E-state index in [0.29, 0.717) is 5.56 Å². The van der Waals surface area contributed by atoms with Crippen molar-refractivity contribution in [3.8, 4) is 28.7 Å². The third-order valence-electron chi connectivity index (χ3n) is 9.34. The maximum atomic E-state index is 11.4. The number of hydrogen-bond acceptors (Lipinski definition) is 18. The zero-order chi connectivity index (χ0) is 37.6. The highest BCUT2D eigenvalue weighted by Gasteiger charge is 2.52. The summed E-state index contributed by atoms with van der Waals surface area (Å²) in [5.41, 5.74) is 0.495. The van der Waals surface area contributed by atoms with Gasteiger partial charge in [0.1, 0.15) is 72.0 Å². The van der Waals surface area contributed by atoms with Crippen LogP contribution in [0.15, 0.2) is 36.1 Å². The SMILES string of the molecule is COc1cc(C2[OH+]c3cc(O)cc(O)c3C=C2O[C@@H]2O[C@H](CO[C@@H]3O[C@@H](C)[C@H](O)[C@@H](O)[C@@H]3O)[C@@H](O)[C@H](O)[C@H]2O[C@@H]2OC[C@H](O)[C@H](O)[C@@H]2O)ccc1O. The normalized spacial score (nSPS) is 39.2. The second kappa shape index (κ2) is 15.4. The zero-order valence-electron chi connectivity index (χ0n) is 27.8. The summed E-state index contributed by atoms with van der Waals surface area (Å²) in [6.07, 6.45) is -22.1. The Morgan fingerprint density at radius 2 is 1.50 bits per heavy atom. The molecule has 12 N–H and O–H groups in total. The largest absolute Gasteiger partial charge is 0.571 e. The molecule has 1 unspecified atom stereocenters. The first-order chi connectivity index (χ1) is 24.7. The molecule has 3 saturated heterocycles. The Labute approximate surface area is 295 Å². The summed E-state index contributed by atoms with van der Waals surface area (Å²) in [7, 11) is 1.33. The van der Waals surface area contributed by atoms with E-state index < -0.39 is 105 Å². The van der Waals surface area contributed by atoms with Gasteiger partial charge in [0.25, 0.3) is 11.9 Å². The van der Waals surface area contributed by atoms with Crippen LogP contribution in [0.1, 0.15) is 24.2 Å². The first-order valence-corrected chi connectivity index (χ1v) is 16.3. The van der Waals surface area contributed by atoms with Gasteiger partial charge in [0, 0.05) is 12.1 Å². The molecular weight excluding hydrogens is 700 g/mol. The van der Waals surface area contributed by atoms with E-state index >= 15 is 0 Å². The predicted molar refractivity (Wildman–Crippen MR) is 170 cm³/mol. The number of aromatic hydroxyl groups is 4. The van der Waals surface area contributed by atoms with E-state index in [9.17, 15) is 56.2 Å². The summed E-state index contributed by atoms with van der Waals surface area (Å²) in [6, 6.07) is 6.67. The lowest BCUT2D eigenvalue weighted by Crippen LogP contribution is -2.63. The van der Waals surface area contributed by atoms with Gasteiger partial charge in [0.2, 0.25) is 6.29 Å². The Bertz CT molecular complexity index is 1590. The number of aliphatic hydroxyl groups excluding tert-OH is 8. The lowest BCUT2D eigenvalue weighted by molar-refractivity contribution is -0.360. The van der Waals surface area contributed by atoms with E-state index in [1.165, 1.54) is 44.4 Å². The van der Waals surface area contributed by atoms with Crippen LogP contribution in [0.25, 0.3) is 6.08 Å². The molecule has 0 aliphatic carbocycles. The van der Waals surface area contributed by atoms with Gasteiger partial charge in [-0.25, -0.2) is 0 Å². The van der Waals surface area contributed by atoms with Crippen molar-refractivity contribution >= 4 is 6.08 Å². The number of hydrogen-bond donors (Lipinski definition) is 11. The summed E-state index contributed by atoms with van der Waals surface area (Å²) in [5.74, 6) is -0.675. The molecule has 0 amide bonds. The quantitative estimate of drug-likeness (QED) is 0.116. The molecule has 19 nitrogen and oxygen atoms in total. The average Bonchev–Trinajstić information content (AvgIpc) is 3.11. The Hall–Kier alpha value is -3.54. The summed E-state index contributed by atoms with van der Waals surface area (Å²) in [5, 5.41) is 115. The Morgan fingerprint density at radius 3 is 2.23 bits per heavy atom. The van der Waals surface area contributed by atoms with Crippen LogP contribution in [-0.4, -0.2) is 167 Å². The van der Waals surface area contributed by atoms with Crippen molar-refractivity contribution in [1.29, 1.82) is 0 Å². The fraction of sp³-hybridized carbons (Fsp3) is 0.576. The number of methoxy groups -OCH3 is 1. The molecular formula is C33H43O19+. The first-order valence-electron chi connectivity index (χ1n) is 16.3. The molecule has 52 heavy (non-hydrogen) atoms. The number of phenolic OH excluding ortho intramolecular Hbond substituents is 3. The zero-order valence-corrected chi connectivity index (χ0v) is 27.8. The van der Waals surface area contributed by atoms with E-state index in [0.717, 1.165) is 6.07 Å². The maximum absolute atomic E-state index is 11.4. The number of phenols is 3. The molecule has 4 aliphatic rings. The molecule has 2 aromatic carbocycles. The van der Waals surface area contributed by atoms with Gasteiger partial charge in [-0.05, 0) is 25.1 Å². The molecule has 4 aliphatic heterocycles. The van der Waals surface area contributed by atoms with Crippen molar-refractivity contribution in [3.05, 3.63) is 47.2 Å². The fourth-order valence-corrected chi connectivity index (χ4v) is 6.30. The van der Waals surface area contributed by atoms with Crippen LogP contribution in [-0.2, 0) is 28.4 Å². The number of benzene rings is 2. The van der Waals surface area contributed by atoms with E-state index in [4.69, 9.17) is 33.2 Å². The van der Waals surface area contributed by atoms with Crippen LogP contribution in [0, 0.1) is 0 Å². The van der Waals surface area contributed by atoms with E-state index in [1.807, 2.05) is 0 Å². The molecule has 0 radical (unpaired) electrons. The number of fused-ring (bicyclic) bond motifs is 1. The smallest absolute Gasteiger partial charge is 0.270 e. The number of aliphatic hydroxyl groups is 9. The molecule has 3 fully saturated rings. The lowest BCUT2D eigenvalue weighted by Gasteiger charge is -2.45. The van der Waals surface area contributed by atoms with Crippen LogP contribution < -0.4 is 4.74 Å². The van der Waals surface area contributed by atoms with E-state index in [1.54, 1.807) is 0 Å². The Kier molecular flexibility index (Phi) is 11.3. The van der Waals surface area contributed by atoms with Gasteiger partial charge in [-0.3, -0.25) is 0 Å². The summed E-state index contributed by atoms with van der Waals surface area (Å²) in [4.78, 5) is 0. The molecule has 288 valence electrons. The first kappa shape index (κ1) is 38.2. The summed E-state index contributed by atoms with van der Waals surface area (Å²) >= 11 is 0. The molecule has 19 heteroatoms. The van der Waals surface area contributed by atoms with Gasteiger partial charge >= 0.3 is 0 Å². The van der Waals surface area contributed by atoms with Crippen molar-refractivity contribution in [3.63, 3.8) is 0 Å². The molecule has 0 aromatic heterocycles. The van der Waals surface area contributed by atoms with Crippen LogP contribution in [0.3, 0.4) is 0 Å². The molecule has 6 rings (SSSR count). The molecule has 0 saturated carbocycles. The molecule has 15 atom stereocenters. The Morgan fingerprint density at radius 1 is 0.769 bits per heavy atom. The predicted octanol–water partition coefficient (Wildman–Crippen LogP) is -2.72. The van der Waals surface area contributed by atoms with Gasteiger partial charge in [-0.15, -0.1) is 0 Å². The second-order valence-corrected chi connectivity index (χ2v) is 12.9. The molecule has 2 aromatic rings. The fourth-order valence-electron chi connectivity index (χ4n) is 6.30. The number of rotatable bonds is 9. The summed E-state index contributed by atoms with van der Waals surface area (Å²) in [6.45, 7) is 0.396. The van der Waals surface area contributed by atoms with Crippen molar-refractivity contribution in [2.24, 2.45) is 0 Å². The lowest BCUT2D eigenvalue weighted by atomic mass is 9.97. The summed E-state index contributed by atoms with van der Waals surface area (Å²) < 4.78 is 44.6. The van der Waals surface area contributed by atoms with Crippen LogP contribution in [0.5, 0.6) is 28.7 Å². The van der Waals surface area contributed by atoms with Gasteiger partial charge in [-0.2, -0.15) is 0 Å². The van der Waals surface area contributed by atoms with Gasteiger partial charge in [-0.1, -0.05) is 0 Å². The van der Waals surface area contributed by atoms with Crippen LogP contribution >= 0.6 is 0 Å². The highest BCUT2D eigenvalue weighted by atomic mass is 16.8. The van der Waals surface area contributed by atoms with E-state index in [-0.39, 0.29) is 40.1 Å². The Balaban J connectivity index is 1.33. The van der Waals surface area contributed by atoms with Crippen LogP contribution in [0.2, 0.25) is 0 Å². The maximum Gasteiger partial charge on any atom is 0.270 e. The highest BCUT2D eigenvalue weighted by Crippen LogP contribution is 2.46. The van der Waals surface area contributed by atoms with Crippen molar-refractivity contribution in [1.82, 2.24) is 0 Å². The van der Waals surface area contributed by atoms with Gasteiger partial charge < -0.3 is 94.1 Å². The average molecular weight is 744 g/mol. The minimum absolute atomic E-state index is 0.0550. The topological polar surface area (TPSA) is 300 Å². The highest BCUT2D eigenvalue weighted by molar-refractivity contribution is 5.69. The number of ether oxygens (including phenoxy) is 8. The third kappa shape index (κ3) is 7.46. The second-order valence-electron chi connectivity index (χ2n) is 12.9. The van der Waals surface area contributed by atoms with Crippen molar-refractivity contribution in [2.45, 2.75) is 99.0 Å². The monoisotopic (exact) mass is 743 g/mol. The molecule has 0 spiro atoms. The standard InChI is InChI=1S/C33H42O19/c1-11-22(38)25(41)28(44)31(48-11)47-10-21-24(40)26(42)30(52-32-27(43)23(39)17(37)9-46-32)33(51-21)50-20-8-14-16(36)6-13(34)7-18(14)49-29(20)12-3-4-15(35)19(5-12)45-2/h3-8,11,17,21-44H,9-10H2,1-2H3/p+1/t11-,17-,21+,22-,23-,24+,25+,26-,27-,28-,29?,30+,31+,32-,33+/m0/s1. The molecule has 0 bridgehead atoms. The van der Waals surface area contributed by atoms with Gasteiger partial charge in [0.15, 0.2) is 35.9 Å². The third-order valence-corrected chi connectivity index (χ3v) is 9.34. The van der Waals surface area contributed by atoms with Crippen molar-refractivity contribution < 1.29 is 94.1 Å². The minimum Gasteiger partial charge on any atom is -0.571 e. The van der Waals surface area contributed by atoms with Crippen LogP contribution in [0.4, 0.5) is 0 Å².